The van der Waals surface area contributed by atoms with Crippen molar-refractivity contribution in [3.8, 4) is 0 Å². The first kappa shape index (κ1) is 21.9. The van der Waals surface area contributed by atoms with Crippen LogP contribution in [0.15, 0.2) is 0 Å². The van der Waals surface area contributed by atoms with Crippen LogP contribution in [0.25, 0.3) is 0 Å². The maximum Gasteiger partial charge on any atom is 0.322 e. The van der Waals surface area contributed by atoms with Crippen molar-refractivity contribution in [2.45, 2.75) is 53.7 Å². The van der Waals surface area contributed by atoms with Gasteiger partial charge in [-0.05, 0) is 40.4 Å². The Bertz CT molecular complexity index is 166. The molecule has 0 rings (SSSR count). The summed E-state index contributed by atoms with van der Waals surface area (Å²) >= 11 is 0. The fourth-order valence-electron chi connectivity index (χ4n) is 1.01. The lowest BCUT2D eigenvalue weighted by molar-refractivity contribution is -0.148. The second-order valence-electron chi connectivity index (χ2n) is 3.89. The van der Waals surface area contributed by atoms with Crippen LogP contribution in [0.5, 0.6) is 0 Å². The molecule has 4 nitrogen and oxygen atoms in total. The molecule has 0 aliphatic carbocycles. The number of nitrogens with zero attached hydrogens (tertiary/aromatic N) is 1. The number of carbonyl (C=O) groups excluding carboxylic acids is 1. The van der Waals surface area contributed by atoms with E-state index in [0.29, 0.717) is 0 Å². The molecule has 0 spiro atoms. The summed E-state index contributed by atoms with van der Waals surface area (Å²) in [4.78, 5) is 13.0. The third kappa shape index (κ3) is 15.7. The van der Waals surface area contributed by atoms with Crippen molar-refractivity contribution in [1.82, 2.24) is 4.90 Å². The molecular weight excluding hydrogens is 240 g/mol. The van der Waals surface area contributed by atoms with Crippen LogP contribution in [0.4, 0.5) is 0 Å². The van der Waals surface area contributed by atoms with Crippen LogP contribution < -0.4 is 5.73 Å². The summed E-state index contributed by atoms with van der Waals surface area (Å²) in [5.74, 6) is -0.343. The van der Waals surface area contributed by atoms with E-state index in [-0.39, 0.29) is 24.5 Å². The van der Waals surface area contributed by atoms with Gasteiger partial charge in [0.2, 0.25) is 0 Å². The van der Waals surface area contributed by atoms with Gasteiger partial charge in [0.25, 0.3) is 0 Å². The number of halogens is 1. The van der Waals surface area contributed by atoms with Gasteiger partial charge in [0.15, 0.2) is 0 Å². The Morgan fingerprint density at radius 1 is 1.12 bits per heavy atom. The molecule has 0 aromatic heterocycles. The van der Waals surface area contributed by atoms with Gasteiger partial charge in [0, 0.05) is 0 Å². The SMILES string of the molecule is CC(C)OC(=O)C(C)N.CCN(CC)CC.Cl. The van der Waals surface area contributed by atoms with Gasteiger partial charge in [0.1, 0.15) is 6.04 Å². The summed E-state index contributed by atoms with van der Waals surface area (Å²) in [7, 11) is 0. The van der Waals surface area contributed by atoms with E-state index in [1.165, 1.54) is 19.6 Å². The van der Waals surface area contributed by atoms with Gasteiger partial charge in [-0.15, -0.1) is 12.4 Å². The molecule has 5 heteroatoms. The van der Waals surface area contributed by atoms with Gasteiger partial charge in [-0.2, -0.15) is 0 Å². The third-order valence-electron chi connectivity index (χ3n) is 2.07. The Balaban J connectivity index is -0.000000224. The van der Waals surface area contributed by atoms with E-state index in [2.05, 4.69) is 25.7 Å². The summed E-state index contributed by atoms with van der Waals surface area (Å²) in [6, 6.07) is -0.507. The molecule has 0 saturated carbocycles. The van der Waals surface area contributed by atoms with Crippen LogP contribution in [0.1, 0.15) is 41.5 Å². The zero-order valence-corrected chi connectivity index (χ0v) is 12.8. The van der Waals surface area contributed by atoms with E-state index in [1.54, 1.807) is 20.8 Å². The number of hydrogen-bond donors (Lipinski definition) is 1. The molecule has 1 unspecified atom stereocenters. The van der Waals surface area contributed by atoms with Crippen LogP contribution >= 0.6 is 12.4 Å². The average molecular weight is 269 g/mol. The molecule has 0 aromatic carbocycles. The van der Waals surface area contributed by atoms with E-state index in [1.807, 2.05) is 0 Å². The molecule has 106 valence electrons. The van der Waals surface area contributed by atoms with E-state index in [9.17, 15) is 4.79 Å². The zero-order chi connectivity index (χ0) is 13.1. The average Bonchev–Trinajstić information content (AvgIpc) is 2.20. The minimum atomic E-state index is -0.507. The third-order valence-corrected chi connectivity index (χ3v) is 2.07. The van der Waals surface area contributed by atoms with Crippen LogP contribution in [-0.4, -0.2) is 42.6 Å². The number of esters is 1. The van der Waals surface area contributed by atoms with E-state index in [4.69, 9.17) is 10.5 Å². The monoisotopic (exact) mass is 268 g/mol. The summed E-state index contributed by atoms with van der Waals surface area (Å²) < 4.78 is 4.75. The summed E-state index contributed by atoms with van der Waals surface area (Å²) in [5.41, 5.74) is 5.21. The van der Waals surface area contributed by atoms with Crippen molar-refractivity contribution in [2.24, 2.45) is 5.73 Å². The lowest BCUT2D eigenvalue weighted by Crippen LogP contribution is -2.30. The van der Waals surface area contributed by atoms with Crippen LogP contribution in [-0.2, 0) is 9.53 Å². The number of nitrogens with two attached hydrogens (primary N) is 1. The number of rotatable bonds is 5. The van der Waals surface area contributed by atoms with E-state index >= 15 is 0 Å². The molecule has 17 heavy (non-hydrogen) atoms. The fraction of sp³-hybridized carbons (Fsp3) is 0.917. The van der Waals surface area contributed by atoms with Crippen LogP contribution in [0, 0.1) is 0 Å². The molecule has 0 saturated heterocycles. The molecule has 0 heterocycles. The number of ether oxygens (including phenoxy) is 1. The zero-order valence-electron chi connectivity index (χ0n) is 12.0. The maximum atomic E-state index is 10.6. The Morgan fingerprint density at radius 2 is 1.47 bits per heavy atom. The number of hydrogen-bond acceptors (Lipinski definition) is 4. The first-order valence-electron chi connectivity index (χ1n) is 6.07. The van der Waals surface area contributed by atoms with Gasteiger partial charge in [0.05, 0.1) is 6.10 Å². The highest BCUT2D eigenvalue weighted by molar-refractivity contribution is 5.85. The Labute approximate surface area is 112 Å². The quantitative estimate of drug-likeness (QED) is 0.776. The predicted octanol–water partition coefficient (Wildman–Crippen LogP) is 2.06. The lowest BCUT2D eigenvalue weighted by atomic mass is 10.4. The minimum absolute atomic E-state index is 0. The standard InChI is InChI=1S/C6H13NO2.C6H15N.ClH/c1-4(2)9-6(8)5(3)7;1-4-7(5-2)6-3;/h4-5H,7H2,1-3H3;4-6H2,1-3H3;1H. The highest BCUT2D eigenvalue weighted by Gasteiger charge is 2.09. The number of carbonyl (C=O) groups is 1. The second kappa shape index (κ2) is 13.7. The first-order valence-corrected chi connectivity index (χ1v) is 6.07. The Kier molecular flexibility index (Phi) is 17.7. The molecule has 0 radical (unpaired) electrons. The minimum Gasteiger partial charge on any atom is -0.462 e. The van der Waals surface area contributed by atoms with Crippen LogP contribution in [0.3, 0.4) is 0 Å². The summed E-state index contributed by atoms with van der Waals surface area (Å²) in [5, 5.41) is 0. The van der Waals surface area contributed by atoms with E-state index < -0.39 is 6.04 Å². The topological polar surface area (TPSA) is 55.6 Å². The molecule has 0 aliphatic rings. The van der Waals surface area contributed by atoms with Crippen molar-refractivity contribution >= 4 is 18.4 Å². The largest absolute Gasteiger partial charge is 0.462 e. The van der Waals surface area contributed by atoms with Crippen molar-refractivity contribution in [3.05, 3.63) is 0 Å². The Hall–Kier alpha value is -0.320. The van der Waals surface area contributed by atoms with Crippen molar-refractivity contribution < 1.29 is 9.53 Å². The second-order valence-corrected chi connectivity index (χ2v) is 3.89. The predicted molar refractivity (Wildman–Crippen MR) is 75.6 cm³/mol. The van der Waals surface area contributed by atoms with Crippen molar-refractivity contribution in [1.29, 1.82) is 0 Å². The van der Waals surface area contributed by atoms with E-state index in [0.717, 1.165) is 0 Å². The van der Waals surface area contributed by atoms with Gasteiger partial charge in [-0.25, -0.2) is 0 Å². The lowest BCUT2D eigenvalue weighted by Gasteiger charge is -2.13. The maximum absolute atomic E-state index is 10.6. The molecule has 0 fully saturated rings. The first-order chi connectivity index (χ1) is 7.38. The van der Waals surface area contributed by atoms with Crippen molar-refractivity contribution in [2.75, 3.05) is 19.6 Å². The molecule has 2 N–H and O–H groups in total. The van der Waals surface area contributed by atoms with Crippen molar-refractivity contribution in [3.63, 3.8) is 0 Å². The molecule has 1 atom stereocenters. The van der Waals surface area contributed by atoms with Gasteiger partial charge >= 0.3 is 5.97 Å². The molecule has 0 aliphatic heterocycles. The summed E-state index contributed by atoms with van der Waals surface area (Å²) in [6.45, 7) is 15.3. The van der Waals surface area contributed by atoms with Gasteiger partial charge in [-0.1, -0.05) is 20.8 Å². The van der Waals surface area contributed by atoms with Crippen LogP contribution in [0.2, 0.25) is 0 Å². The molecule has 0 aromatic rings. The van der Waals surface area contributed by atoms with Gasteiger partial charge in [-0.3, -0.25) is 4.79 Å². The highest BCUT2D eigenvalue weighted by Crippen LogP contribution is 1.90. The smallest absolute Gasteiger partial charge is 0.322 e. The van der Waals surface area contributed by atoms with Gasteiger partial charge < -0.3 is 15.4 Å². The normalized spacial score (nSPS) is 11.4. The highest BCUT2D eigenvalue weighted by atomic mass is 35.5. The molecule has 0 bridgehead atoms. The molecular formula is C12H29ClN2O2. The fourth-order valence-corrected chi connectivity index (χ4v) is 1.01. The molecule has 0 amide bonds. The summed E-state index contributed by atoms with van der Waals surface area (Å²) in [6.07, 6.45) is -0.0662. The Morgan fingerprint density at radius 3 is 1.53 bits per heavy atom.